The maximum absolute atomic E-state index is 12.2. The van der Waals surface area contributed by atoms with Gasteiger partial charge in [-0.05, 0) is 44.0 Å². The lowest BCUT2D eigenvalue weighted by molar-refractivity contribution is -0.134. The van der Waals surface area contributed by atoms with Crippen LogP contribution in [0.1, 0.15) is 43.7 Å². The molecule has 4 N–H and O–H groups in total. The normalized spacial score (nSPS) is 17.4. The predicted octanol–water partition coefficient (Wildman–Crippen LogP) is 1.16. The number of benzene rings is 1. The number of hydrogen-bond acceptors (Lipinski definition) is 5. The van der Waals surface area contributed by atoms with Crippen LogP contribution in [-0.2, 0) is 21.4 Å². The zero-order valence-corrected chi connectivity index (χ0v) is 14.7. The Morgan fingerprint density at radius 3 is 2.92 bits per heavy atom. The van der Waals surface area contributed by atoms with Crippen molar-refractivity contribution >= 4 is 34.3 Å². The molecule has 0 spiro atoms. The molecule has 8 heteroatoms. The second-order valence-corrected chi connectivity index (χ2v) is 6.54. The van der Waals surface area contributed by atoms with E-state index in [1.54, 1.807) is 4.68 Å². The minimum absolute atomic E-state index is 0.0655. The molecule has 26 heavy (non-hydrogen) atoms. The molecule has 0 saturated carbocycles. The monoisotopic (exact) mass is 357 g/mol. The van der Waals surface area contributed by atoms with Gasteiger partial charge in [0.1, 0.15) is 0 Å². The van der Waals surface area contributed by atoms with Crippen molar-refractivity contribution in [1.29, 1.82) is 0 Å². The maximum Gasteiger partial charge on any atom is 0.235 e. The molecule has 1 aromatic heterocycles. The number of nitrogens with zero attached hydrogens (tertiary/aromatic N) is 2. The standard InChI is InChI=1S/C18H23N5O3/c1-23-14-7-5-11(20-15(24)4-2-3-9-19)10-13(14)17(22-23)12-6-8-16(25)21-18(12)26/h5,7,10,12H,2-4,6,8-9,19H2,1H3,(H,20,24)(H,21,25,26). The molecule has 1 saturated heterocycles. The Labute approximate surface area is 151 Å². The van der Waals surface area contributed by atoms with Crippen LogP contribution < -0.4 is 16.4 Å². The molecule has 3 amide bonds. The van der Waals surface area contributed by atoms with E-state index in [-0.39, 0.29) is 17.7 Å². The number of anilines is 1. The first-order valence-electron chi connectivity index (χ1n) is 8.80. The number of rotatable bonds is 6. The zero-order chi connectivity index (χ0) is 18.7. The minimum Gasteiger partial charge on any atom is -0.330 e. The smallest absolute Gasteiger partial charge is 0.235 e. The Bertz CT molecular complexity index is 858. The molecule has 1 aromatic carbocycles. The molecule has 1 aliphatic rings. The van der Waals surface area contributed by atoms with Crippen LogP contribution in [-0.4, -0.2) is 34.0 Å². The van der Waals surface area contributed by atoms with E-state index >= 15 is 0 Å². The molecule has 1 aliphatic heterocycles. The van der Waals surface area contributed by atoms with Gasteiger partial charge in [-0.1, -0.05) is 0 Å². The molecule has 1 unspecified atom stereocenters. The lowest BCUT2D eigenvalue weighted by Crippen LogP contribution is -2.39. The highest BCUT2D eigenvalue weighted by Crippen LogP contribution is 2.31. The molecule has 2 aromatic rings. The summed E-state index contributed by atoms with van der Waals surface area (Å²) in [5.41, 5.74) is 7.61. The van der Waals surface area contributed by atoms with Gasteiger partial charge in [0.15, 0.2) is 0 Å². The van der Waals surface area contributed by atoms with Crippen LogP contribution in [0.2, 0.25) is 0 Å². The summed E-state index contributed by atoms with van der Waals surface area (Å²) < 4.78 is 1.71. The van der Waals surface area contributed by atoms with Gasteiger partial charge in [0.2, 0.25) is 17.7 Å². The summed E-state index contributed by atoms with van der Waals surface area (Å²) in [6.07, 6.45) is 2.72. The number of aryl methyl sites for hydroxylation is 1. The fourth-order valence-corrected chi connectivity index (χ4v) is 3.24. The number of amides is 3. The quantitative estimate of drug-likeness (QED) is 0.529. The Kier molecular flexibility index (Phi) is 5.32. The molecule has 0 radical (unpaired) electrons. The predicted molar refractivity (Wildman–Crippen MR) is 97.4 cm³/mol. The molecule has 3 rings (SSSR count). The van der Waals surface area contributed by atoms with Crippen molar-refractivity contribution in [1.82, 2.24) is 15.1 Å². The van der Waals surface area contributed by atoms with Gasteiger partial charge in [0.05, 0.1) is 17.1 Å². The summed E-state index contributed by atoms with van der Waals surface area (Å²) in [6.45, 7) is 0.574. The van der Waals surface area contributed by atoms with Crippen LogP contribution in [0.3, 0.4) is 0 Å². The number of aromatic nitrogens is 2. The van der Waals surface area contributed by atoms with Crippen molar-refractivity contribution in [3.63, 3.8) is 0 Å². The average molecular weight is 357 g/mol. The van der Waals surface area contributed by atoms with Gasteiger partial charge in [-0.3, -0.25) is 24.4 Å². The largest absolute Gasteiger partial charge is 0.330 e. The molecular weight excluding hydrogens is 334 g/mol. The van der Waals surface area contributed by atoms with Crippen LogP contribution >= 0.6 is 0 Å². The van der Waals surface area contributed by atoms with Crippen LogP contribution in [0.5, 0.6) is 0 Å². The van der Waals surface area contributed by atoms with Crippen LogP contribution in [0.4, 0.5) is 5.69 Å². The van der Waals surface area contributed by atoms with E-state index in [1.165, 1.54) is 0 Å². The van der Waals surface area contributed by atoms with E-state index in [0.717, 1.165) is 23.7 Å². The summed E-state index contributed by atoms with van der Waals surface area (Å²) in [5, 5.41) is 10.5. The third kappa shape index (κ3) is 3.75. The topological polar surface area (TPSA) is 119 Å². The van der Waals surface area contributed by atoms with Crippen molar-refractivity contribution in [3.8, 4) is 0 Å². The number of imide groups is 1. The summed E-state index contributed by atoms with van der Waals surface area (Å²) in [4.78, 5) is 35.6. The zero-order valence-electron chi connectivity index (χ0n) is 14.7. The van der Waals surface area contributed by atoms with Gasteiger partial charge in [-0.25, -0.2) is 0 Å². The molecule has 0 bridgehead atoms. The Balaban J connectivity index is 1.85. The van der Waals surface area contributed by atoms with Gasteiger partial charge >= 0.3 is 0 Å². The second kappa shape index (κ2) is 7.65. The van der Waals surface area contributed by atoms with Crippen molar-refractivity contribution in [2.45, 2.75) is 38.0 Å². The molecular formula is C18H23N5O3. The van der Waals surface area contributed by atoms with Gasteiger partial charge in [0, 0.05) is 31.0 Å². The van der Waals surface area contributed by atoms with Crippen molar-refractivity contribution in [2.75, 3.05) is 11.9 Å². The second-order valence-electron chi connectivity index (χ2n) is 6.54. The number of carbonyl (C=O) groups excluding carboxylic acids is 3. The number of hydrogen-bond donors (Lipinski definition) is 3. The van der Waals surface area contributed by atoms with Crippen molar-refractivity contribution < 1.29 is 14.4 Å². The molecule has 8 nitrogen and oxygen atoms in total. The first-order chi connectivity index (χ1) is 12.5. The Hall–Kier alpha value is -2.74. The highest BCUT2D eigenvalue weighted by atomic mass is 16.2. The van der Waals surface area contributed by atoms with Crippen LogP contribution in [0, 0.1) is 0 Å². The Morgan fingerprint density at radius 2 is 2.19 bits per heavy atom. The molecule has 1 fully saturated rings. The number of nitrogens with two attached hydrogens (primary N) is 1. The number of piperidine rings is 1. The molecule has 1 atom stereocenters. The first kappa shape index (κ1) is 18.1. The lowest BCUT2D eigenvalue weighted by Gasteiger charge is -2.19. The van der Waals surface area contributed by atoms with E-state index in [2.05, 4.69) is 15.7 Å². The van der Waals surface area contributed by atoms with Crippen LogP contribution in [0.25, 0.3) is 10.9 Å². The summed E-state index contributed by atoms with van der Waals surface area (Å²) in [7, 11) is 1.81. The maximum atomic E-state index is 12.2. The van der Waals surface area contributed by atoms with E-state index in [1.807, 2.05) is 25.2 Å². The number of carbonyl (C=O) groups is 3. The highest BCUT2D eigenvalue weighted by Gasteiger charge is 2.31. The van der Waals surface area contributed by atoms with Gasteiger partial charge in [-0.15, -0.1) is 0 Å². The average Bonchev–Trinajstić information content (AvgIpc) is 2.91. The number of unbranched alkanes of at least 4 members (excludes halogenated alkanes) is 1. The SMILES string of the molecule is Cn1nc(C2CCC(=O)NC2=O)c2cc(NC(=O)CCCCN)ccc21. The number of nitrogens with one attached hydrogen (secondary N) is 2. The summed E-state index contributed by atoms with van der Waals surface area (Å²) >= 11 is 0. The number of fused-ring (bicyclic) bond motifs is 1. The minimum atomic E-state index is -0.466. The first-order valence-corrected chi connectivity index (χ1v) is 8.80. The van der Waals surface area contributed by atoms with Crippen LogP contribution in [0.15, 0.2) is 18.2 Å². The van der Waals surface area contributed by atoms with Gasteiger partial charge in [-0.2, -0.15) is 5.10 Å². The third-order valence-electron chi connectivity index (χ3n) is 4.59. The van der Waals surface area contributed by atoms with E-state index in [4.69, 9.17) is 5.73 Å². The fraction of sp³-hybridized carbons (Fsp3) is 0.444. The fourth-order valence-electron chi connectivity index (χ4n) is 3.24. The molecule has 2 heterocycles. The van der Waals surface area contributed by atoms with Crippen molar-refractivity contribution in [3.05, 3.63) is 23.9 Å². The van der Waals surface area contributed by atoms with E-state index < -0.39 is 5.92 Å². The molecule has 138 valence electrons. The van der Waals surface area contributed by atoms with E-state index in [9.17, 15) is 14.4 Å². The van der Waals surface area contributed by atoms with Gasteiger partial charge < -0.3 is 11.1 Å². The molecule has 0 aliphatic carbocycles. The van der Waals surface area contributed by atoms with Crippen molar-refractivity contribution in [2.24, 2.45) is 12.8 Å². The van der Waals surface area contributed by atoms with E-state index in [0.29, 0.717) is 37.2 Å². The van der Waals surface area contributed by atoms with Gasteiger partial charge in [0.25, 0.3) is 0 Å². The summed E-state index contributed by atoms with van der Waals surface area (Å²) in [6, 6.07) is 5.52. The highest BCUT2D eigenvalue weighted by molar-refractivity contribution is 6.03. The summed E-state index contributed by atoms with van der Waals surface area (Å²) in [5.74, 6) is -1.11. The Morgan fingerprint density at radius 1 is 1.38 bits per heavy atom. The lowest BCUT2D eigenvalue weighted by atomic mass is 9.93. The third-order valence-corrected chi connectivity index (χ3v) is 4.59.